The van der Waals surface area contributed by atoms with E-state index in [0.29, 0.717) is 10.7 Å². The molecule has 0 aliphatic rings. The molecule has 2 rings (SSSR count). The van der Waals surface area contributed by atoms with Gasteiger partial charge >= 0.3 is 5.69 Å². The maximum absolute atomic E-state index is 11.8. The van der Waals surface area contributed by atoms with Crippen LogP contribution in [0, 0.1) is 0 Å². The highest BCUT2D eigenvalue weighted by atomic mass is 35.5. The summed E-state index contributed by atoms with van der Waals surface area (Å²) in [5, 5.41) is 0.363. The van der Waals surface area contributed by atoms with Gasteiger partial charge in [-0.2, -0.15) is 0 Å². The summed E-state index contributed by atoms with van der Waals surface area (Å²) in [7, 11) is 1.56. The Morgan fingerprint density at radius 1 is 1.33 bits per heavy atom. The molecule has 6 nitrogen and oxygen atoms in total. The Morgan fingerprint density at radius 2 is 2.06 bits per heavy atom. The zero-order valence-corrected chi connectivity index (χ0v) is 10.4. The van der Waals surface area contributed by atoms with Gasteiger partial charge in [-0.1, -0.05) is 11.6 Å². The molecule has 7 heteroatoms. The van der Waals surface area contributed by atoms with Crippen LogP contribution in [0.3, 0.4) is 0 Å². The molecule has 0 saturated carbocycles. The van der Waals surface area contributed by atoms with Crippen LogP contribution in [-0.4, -0.2) is 14.1 Å². The molecule has 2 aromatic rings. The molecule has 0 saturated heterocycles. The SMILES string of the molecule is Cn1ccc(=O)n(Cc2nc(N)ccc2Cl)c1=O. The van der Waals surface area contributed by atoms with Crippen molar-refractivity contribution in [3.8, 4) is 0 Å². The first kappa shape index (κ1) is 12.4. The van der Waals surface area contributed by atoms with Crippen LogP contribution in [-0.2, 0) is 13.6 Å². The summed E-state index contributed by atoms with van der Waals surface area (Å²) in [6, 6.07) is 4.44. The van der Waals surface area contributed by atoms with Gasteiger partial charge in [-0.3, -0.25) is 9.36 Å². The van der Waals surface area contributed by atoms with E-state index >= 15 is 0 Å². The largest absolute Gasteiger partial charge is 0.384 e. The van der Waals surface area contributed by atoms with Gasteiger partial charge < -0.3 is 10.3 Å². The standard InChI is InChI=1S/C11H11ClN4O2/c1-15-5-4-10(17)16(11(15)18)6-8-7(12)2-3-9(13)14-8/h2-5H,6H2,1H3,(H2,13,14). The quantitative estimate of drug-likeness (QED) is 0.843. The van der Waals surface area contributed by atoms with Gasteiger partial charge in [0.05, 0.1) is 17.3 Å². The third-order valence-corrected chi connectivity index (χ3v) is 2.83. The fraction of sp³-hybridized carbons (Fsp3) is 0.182. The van der Waals surface area contributed by atoms with E-state index in [-0.39, 0.29) is 12.4 Å². The third-order valence-electron chi connectivity index (χ3n) is 2.49. The van der Waals surface area contributed by atoms with Gasteiger partial charge in [0, 0.05) is 19.3 Å². The molecule has 0 fully saturated rings. The molecule has 0 aliphatic heterocycles. The van der Waals surface area contributed by atoms with Crippen molar-refractivity contribution in [3.63, 3.8) is 0 Å². The second-order valence-electron chi connectivity index (χ2n) is 3.80. The summed E-state index contributed by atoms with van der Waals surface area (Å²) in [6.07, 6.45) is 1.41. The Hall–Kier alpha value is -2.08. The Bertz CT molecular complexity index is 705. The highest BCUT2D eigenvalue weighted by molar-refractivity contribution is 6.31. The maximum Gasteiger partial charge on any atom is 0.331 e. The topological polar surface area (TPSA) is 82.9 Å². The molecule has 2 heterocycles. The monoisotopic (exact) mass is 266 g/mol. The second kappa shape index (κ2) is 4.66. The summed E-state index contributed by atoms with van der Waals surface area (Å²) in [5.74, 6) is 0.287. The van der Waals surface area contributed by atoms with E-state index in [9.17, 15) is 9.59 Å². The van der Waals surface area contributed by atoms with E-state index in [4.69, 9.17) is 17.3 Å². The first-order chi connectivity index (χ1) is 8.49. The van der Waals surface area contributed by atoms with Crippen molar-refractivity contribution in [1.29, 1.82) is 0 Å². The number of nitrogen functional groups attached to an aromatic ring is 1. The van der Waals surface area contributed by atoms with Gasteiger partial charge in [-0.05, 0) is 12.1 Å². The Labute approximate surface area is 107 Å². The molecular weight excluding hydrogens is 256 g/mol. The molecule has 18 heavy (non-hydrogen) atoms. The maximum atomic E-state index is 11.8. The number of nitrogens with two attached hydrogens (primary N) is 1. The number of nitrogens with zero attached hydrogens (tertiary/aromatic N) is 3. The lowest BCUT2D eigenvalue weighted by molar-refractivity contribution is 0.631. The summed E-state index contributed by atoms with van der Waals surface area (Å²) in [4.78, 5) is 27.5. The number of halogens is 1. The average molecular weight is 267 g/mol. The predicted octanol–water partition coefficient (Wildman–Crippen LogP) is 0.226. The summed E-state index contributed by atoms with van der Waals surface area (Å²) >= 11 is 5.95. The van der Waals surface area contributed by atoms with Crippen LogP contribution in [0.2, 0.25) is 5.02 Å². The van der Waals surface area contributed by atoms with Gasteiger partial charge in [0.2, 0.25) is 0 Å². The molecule has 2 N–H and O–H groups in total. The van der Waals surface area contributed by atoms with E-state index in [1.165, 1.54) is 16.8 Å². The summed E-state index contributed by atoms with van der Waals surface area (Å²) in [6.45, 7) is -0.00375. The number of hydrogen-bond donors (Lipinski definition) is 1. The molecule has 0 radical (unpaired) electrons. The zero-order chi connectivity index (χ0) is 13.3. The fourth-order valence-electron chi connectivity index (χ4n) is 1.52. The number of aryl methyl sites for hydroxylation is 1. The van der Waals surface area contributed by atoms with Gasteiger partial charge in [0.15, 0.2) is 0 Å². The average Bonchev–Trinajstić information content (AvgIpc) is 2.34. The number of anilines is 1. The molecule has 2 aromatic heterocycles. The molecular formula is C11H11ClN4O2. The fourth-order valence-corrected chi connectivity index (χ4v) is 1.69. The lowest BCUT2D eigenvalue weighted by Gasteiger charge is -2.07. The van der Waals surface area contributed by atoms with Crippen LogP contribution in [0.1, 0.15) is 5.69 Å². The minimum atomic E-state index is -0.428. The van der Waals surface area contributed by atoms with E-state index in [2.05, 4.69) is 4.98 Å². The minimum Gasteiger partial charge on any atom is -0.384 e. The van der Waals surface area contributed by atoms with Crippen molar-refractivity contribution in [2.45, 2.75) is 6.54 Å². The third kappa shape index (κ3) is 2.28. The first-order valence-corrected chi connectivity index (χ1v) is 5.54. The molecule has 0 atom stereocenters. The Morgan fingerprint density at radius 3 is 2.78 bits per heavy atom. The van der Waals surface area contributed by atoms with E-state index in [0.717, 1.165) is 4.57 Å². The summed E-state index contributed by atoms with van der Waals surface area (Å²) in [5.41, 5.74) is 5.11. The second-order valence-corrected chi connectivity index (χ2v) is 4.21. The highest BCUT2D eigenvalue weighted by Crippen LogP contribution is 2.15. The van der Waals surface area contributed by atoms with Crippen molar-refractivity contribution in [2.75, 3.05) is 5.73 Å². The van der Waals surface area contributed by atoms with Crippen molar-refractivity contribution >= 4 is 17.4 Å². The van der Waals surface area contributed by atoms with Crippen LogP contribution in [0.25, 0.3) is 0 Å². The number of hydrogen-bond acceptors (Lipinski definition) is 4. The molecule has 0 spiro atoms. The van der Waals surface area contributed by atoms with Gasteiger partial charge in [0.25, 0.3) is 5.56 Å². The van der Waals surface area contributed by atoms with E-state index in [1.54, 1.807) is 19.2 Å². The van der Waals surface area contributed by atoms with E-state index in [1.807, 2.05) is 0 Å². The number of aromatic nitrogens is 3. The minimum absolute atomic E-state index is 0.00375. The highest BCUT2D eigenvalue weighted by Gasteiger charge is 2.08. The molecule has 94 valence electrons. The van der Waals surface area contributed by atoms with Gasteiger partial charge in [-0.25, -0.2) is 9.78 Å². The molecule has 0 aromatic carbocycles. The Balaban J connectivity index is 2.53. The van der Waals surface area contributed by atoms with Crippen molar-refractivity contribution in [1.82, 2.24) is 14.1 Å². The van der Waals surface area contributed by atoms with Gasteiger partial charge in [0.1, 0.15) is 5.82 Å². The number of pyridine rings is 1. The van der Waals surface area contributed by atoms with E-state index < -0.39 is 11.2 Å². The summed E-state index contributed by atoms with van der Waals surface area (Å²) < 4.78 is 2.36. The smallest absolute Gasteiger partial charge is 0.331 e. The van der Waals surface area contributed by atoms with Crippen molar-refractivity contribution in [2.24, 2.45) is 7.05 Å². The predicted molar refractivity (Wildman–Crippen MR) is 68.7 cm³/mol. The molecule has 0 amide bonds. The molecule has 0 aliphatic carbocycles. The van der Waals surface area contributed by atoms with Crippen LogP contribution in [0.4, 0.5) is 5.82 Å². The first-order valence-electron chi connectivity index (χ1n) is 5.16. The lowest BCUT2D eigenvalue weighted by Crippen LogP contribution is -2.38. The van der Waals surface area contributed by atoms with Crippen LogP contribution >= 0.6 is 11.6 Å². The van der Waals surface area contributed by atoms with Crippen molar-refractivity contribution < 1.29 is 0 Å². The van der Waals surface area contributed by atoms with Gasteiger partial charge in [-0.15, -0.1) is 0 Å². The van der Waals surface area contributed by atoms with Crippen molar-refractivity contribution in [3.05, 3.63) is 56.0 Å². The zero-order valence-electron chi connectivity index (χ0n) is 9.63. The van der Waals surface area contributed by atoms with Crippen LogP contribution in [0.5, 0.6) is 0 Å². The normalized spacial score (nSPS) is 10.6. The molecule has 0 unspecified atom stereocenters. The lowest BCUT2D eigenvalue weighted by atomic mass is 10.3. The Kier molecular flexibility index (Phi) is 3.20. The number of rotatable bonds is 2. The van der Waals surface area contributed by atoms with Crippen LogP contribution in [0.15, 0.2) is 34.0 Å². The van der Waals surface area contributed by atoms with Crippen LogP contribution < -0.4 is 17.0 Å². The molecule has 0 bridgehead atoms.